The first-order valence-electron chi connectivity index (χ1n) is 12.1. The zero-order chi connectivity index (χ0) is 26.3. The van der Waals surface area contributed by atoms with Gasteiger partial charge in [0.05, 0.1) is 23.4 Å². The lowest BCUT2D eigenvalue weighted by atomic mass is 10.1. The van der Waals surface area contributed by atoms with Crippen LogP contribution < -0.4 is 14.4 Å². The number of carbonyl (C=O) groups excluding carboxylic acids is 1. The lowest BCUT2D eigenvalue weighted by molar-refractivity contribution is -0.122. The van der Waals surface area contributed by atoms with Gasteiger partial charge in [-0.1, -0.05) is 25.5 Å². The summed E-state index contributed by atoms with van der Waals surface area (Å²) in [6.45, 7) is 5.00. The SMILES string of the molecule is CC[C@@H](C(=O)NCCOc1ccc(S(=O)(=O)N2CCCCC2)cc1)N(c1cccc(C)c1)S(C)(=O)=O. The van der Waals surface area contributed by atoms with Gasteiger partial charge in [-0.3, -0.25) is 9.10 Å². The number of benzene rings is 2. The number of anilines is 1. The molecule has 198 valence electrons. The molecule has 2 aromatic rings. The third-order valence-electron chi connectivity index (χ3n) is 6.03. The van der Waals surface area contributed by atoms with Crippen LogP contribution in [-0.2, 0) is 24.8 Å². The maximum absolute atomic E-state index is 12.9. The molecule has 1 N–H and O–H groups in total. The zero-order valence-corrected chi connectivity index (χ0v) is 22.6. The lowest BCUT2D eigenvalue weighted by Gasteiger charge is -2.30. The minimum absolute atomic E-state index is 0.143. The van der Waals surface area contributed by atoms with Crippen LogP contribution >= 0.6 is 0 Å². The van der Waals surface area contributed by atoms with E-state index in [2.05, 4.69) is 5.32 Å². The first kappa shape index (κ1) is 27.9. The Labute approximate surface area is 214 Å². The number of nitrogens with one attached hydrogen (secondary N) is 1. The molecule has 1 saturated heterocycles. The zero-order valence-electron chi connectivity index (χ0n) is 21.0. The summed E-state index contributed by atoms with van der Waals surface area (Å²) in [5, 5.41) is 2.75. The topological polar surface area (TPSA) is 113 Å². The number of hydrogen-bond acceptors (Lipinski definition) is 6. The second-order valence-electron chi connectivity index (χ2n) is 8.90. The van der Waals surface area contributed by atoms with Crippen LogP contribution in [0.4, 0.5) is 5.69 Å². The molecule has 2 aromatic carbocycles. The molecule has 0 spiro atoms. The van der Waals surface area contributed by atoms with Crippen molar-refractivity contribution in [2.45, 2.75) is 50.5 Å². The van der Waals surface area contributed by atoms with Crippen molar-refractivity contribution in [3.05, 3.63) is 54.1 Å². The van der Waals surface area contributed by atoms with Gasteiger partial charge in [0.2, 0.25) is 26.0 Å². The maximum atomic E-state index is 12.9. The van der Waals surface area contributed by atoms with Gasteiger partial charge in [0, 0.05) is 13.1 Å². The van der Waals surface area contributed by atoms with E-state index in [0.29, 0.717) is 30.9 Å². The van der Waals surface area contributed by atoms with Gasteiger partial charge in [-0.2, -0.15) is 4.31 Å². The van der Waals surface area contributed by atoms with Gasteiger partial charge in [-0.15, -0.1) is 0 Å². The second kappa shape index (κ2) is 12.1. The minimum atomic E-state index is -3.70. The van der Waals surface area contributed by atoms with E-state index >= 15 is 0 Å². The maximum Gasteiger partial charge on any atom is 0.244 e. The third kappa shape index (κ3) is 6.98. The fraction of sp³-hybridized carbons (Fsp3) is 0.480. The molecule has 0 saturated carbocycles. The summed E-state index contributed by atoms with van der Waals surface area (Å²) in [5.74, 6) is 0.0578. The Hall–Kier alpha value is -2.63. The van der Waals surface area contributed by atoms with Crippen molar-refractivity contribution in [3.63, 3.8) is 0 Å². The van der Waals surface area contributed by atoms with E-state index in [4.69, 9.17) is 4.74 Å². The highest BCUT2D eigenvalue weighted by Gasteiger charge is 2.31. The minimum Gasteiger partial charge on any atom is -0.492 e. The van der Waals surface area contributed by atoms with Gasteiger partial charge < -0.3 is 10.1 Å². The fourth-order valence-corrected chi connectivity index (χ4v) is 6.97. The quantitative estimate of drug-likeness (QED) is 0.441. The van der Waals surface area contributed by atoms with Gasteiger partial charge in [0.1, 0.15) is 18.4 Å². The summed E-state index contributed by atoms with van der Waals surface area (Å²) in [7, 11) is -7.21. The number of nitrogens with zero attached hydrogens (tertiary/aromatic N) is 2. The van der Waals surface area contributed by atoms with Crippen molar-refractivity contribution in [3.8, 4) is 5.75 Å². The molecule has 1 heterocycles. The average Bonchev–Trinajstić information content (AvgIpc) is 2.85. The van der Waals surface area contributed by atoms with Crippen molar-refractivity contribution in [1.29, 1.82) is 0 Å². The van der Waals surface area contributed by atoms with Crippen molar-refractivity contribution >= 4 is 31.6 Å². The Kier molecular flexibility index (Phi) is 9.37. The monoisotopic (exact) mass is 537 g/mol. The van der Waals surface area contributed by atoms with E-state index in [9.17, 15) is 21.6 Å². The van der Waals surface area contributed by atoms with E-state index in [1.165, 1.54) is 16.4 Å². The Morgan fingerprint density at radius 1 is 1.06 bits per heavy atom. The molecule has 0 aliphatic carbocycles. The number of ether oxygens (including phenoxy) is 1. The van der Waals surface area contributed by atoms with Crippen molar-refractivity contribution in [2.24, 2.45) is 0 Å². The van der Waals surface area contributed by atoms with Crippen LogP contribution in [0.1, 0.15) is 38.2 Å². The predicted octanol–water partition coefficient (Wildman–Crippen LogP) is 2.91. The van der Waals surface area contributed by atoms with Crippen molar-refractivity contribution in [1.82, 2.24) is 9.62 Å². The molecule has 9 nitrogen and oxygen atoms in total. The molecule has 36 heavy (non-hydrogen) atoms. The molecule has 0 unspecified atom stereocenters. The van der Waals surface area contributed by atoms with Crippen LogP contribution in [0.15, 0.2) is 53.4 Å². The molecule has 1 aliphatic heterocycles. The number of hydrogen-bond donors (Lipinski definition) is 1. The Balaban J connectivity index is 1.57. The number of amides is 1. The van der Waals surface area contributed by atoms with Crippen LogP contribution in [0.25, 0.3) is 0 Å². The number of aryl methyl sites for hydroxylation is 1. The summed E-state index contributed by atoms with van der Waals surface area (Å²) in [6, 6.07) is 12.3. The second-order valence-corrected chi connectivity index (χ2v) is 12.7. The van der Waals surface area contributed by atoms with Gasteiger partial charge >= 0.3 is 0 Å². The summed E-state index contributed by atoms with van der Waals surface area (Å²) < 4.78 is 58.9. The first-order chi connectivity index (χ1) is 17.0. The lowest BCUT2D eigenvalue weighted by Crippen LogP contribution is -2.50. The third-order valence-corrected chi connectivity index (χ3v) is 9.13. The normalized spacial score (nSPS) is 15.8. The molecule has 0 radical (unpaired) electrons. The van der Waals surface area contributed by atoms with Gasteiger partial charge in [0.15, 0.2) is 0 Å². The van der Waals surface area contributed by atoms with Gasteiger partial charge in [-0.05, 0) is 68.1 Å². The fourth-order valence-electron chi connectivity index (χ4n) is 4.25. The Morgan fingerprint density at radius 2 is 1.72 bits per heavy atom. The number of sulfonamides is 2. The van der Waals surface area contributed by atoms with E-state index in [-0.39, 0.29) is 18.0 Å². The molecule has 0 aromatic heterocycles. The highest BCUT2D eigenvalue weighted by Crippen LogP contribution is 2.24. The van der Waals surface area contributed by atoms with E-state index in [0.717, 1.165) is 35.4 Å². The standard InChI is InChI=1S/C25H35N3O6S2/c1-4-24(28(35(3,30)31)21-10-8-9-20(2)19-21)25(29)26-15-18-34-22-11-13-23(14-12-22)36(32,33)27-16-6-5-7-17-27/h8-14,19,24H,4-7,15-18H2,1-3H3,(H,26,29)/t24-/m0/s1. The largest absolute Gasteiger partial charge is 0.492 e. The molecule has 1 fully saturated rings. The molecule has 0 bridgehead atoms. The van der Waals surface area contributed by atoms with Crippen LogP contribution in [0.5, 0.6) is 5.75 Å². The molecular formula is C25H35N3O6S2. The van der Waals surface area contributed by atoms with E-state index in [1.807, 2.05) is 13.0 Å². The Bertz CT molecular complexity index is 1240. The highest BCUT2D eigenvalue weighted by atomic mass is 32.2. The summed E-state index contributed by atoms with van der Waals surface area (Å²) in [5.41, 5.74) is 1.33. The van der Waals surface area contributed by atoms with Crippen molar-refractivity contribution < 1.29 is 26.4 Å². The van der Waals surface area contributed by atoms with E-state index < -0.39 is 32.0 Å². The van der Waals surface area contributed by atoms with Crippen LogP contribution in [0.2, 0.25) is 0 Å². The van der Waals surface area contributed by atoms with Crippen molar-refractivity contribution in [2.75, 3.05) is 36.8 Å². The van der Waals surface area contributed by atoms with Crippen LogP contribution in [-0.4, -0.2) is 65.6 Å². The van der Waals surface area contributed by atoms with Gasteiger partial charge in [0.25, 0.3) is 0 Å². The smallest absolute Gasteiger partial charge is 0.244 e. The molecule has 3 rings (SSSR count). The number of carbonyl (C=O) groups is 1. The highest BCUT2D eigenvalue weighted by molar-refractivity contribution is 7.92. The summed E-state index contributed by atoms with van der Waals surface area (Å²) in [6.07, 6.45) is 4.17. The first-order valence-corrected chi connectivity index (χ1v) is 15.4. The average molecular weight is 538 g/mol. The summed E-state index contributed by atoms with van der Waals surface area (Å²) >= 11 is 0. The molecular weight excluding hydrogens is 502 g/mol. The molecule has 1 amide bonds. The molecule has 1 atom stereocenters. The van der Waals surface area contributed by atoms with E-state index in [1.54, 1.807) is 37.3 Å². The molecule has 1 aliphatic rings. The van der Waals surface area contributed by atoms with Crippen LogP contribution in [0.3, 0.4) is 0 Å². The Morgan fingerprint density at radius 3 is 2.31 bits per heavy atom. The van der Waals surface area contributed by atoms with Crippen LogP contribution in [0, 0.1) is 6.92 Å². The number of piperidine rings is 1. The number of rotatable bonds is 11. The molecule has 11 heteroatoms. The van der Waals surface area contributed by atoms with Gasteiger partial charge in [-0.25, -0.2) is 16.8 Å². The predicted molar refractivity (Wildman–Crippen MR) is 140 cm³/mol. The summed E-state index contributed by atoms with van der Waals surface area (Å²) in [4.78, 5) is 13.1.